The topological polar surface area (TPSA) is 39.1 Å². The molecular weight excluding hydrogens is 294 g/mol. The molecule has 0 aliphatic carbocycles. The molecule has 0 fully saturated rings. The summed E-state index contributed by atoms with van der Waals surface area (Å²) in [5.74, 6) is 1.85. The molecule has 0 aliphatic heterocycles. The van der Waals surface area contributed by atoms with Crippen molar-refractivity contribution in [2.45, 2.75) is 12.6 Å². The number of hydrogen-bond acceptors (Lipinski definition) is 4. The molecule has 5 heteroatoms. The number of benzene rings is 1. The molecule has 1 aromatic carbocycles. The van der Waals surface area contributed by atoms with Gasteiger partial charge in [-0.1, -0.05) is 18.2 Å². The van der Waals surface area contributed by atoms with Gasteiger partial charge in [0.2, 0.25) is 0 Å². The van der Waals surface area contributed by atoms with Crippen LogP contribution in [0.15, 0.2) is 54.2 Å². The van der Waals surface area contributed by atoms with Gasteiger partial charge in [0.1, 0.15) is 11.6 Å². The van der Waals surface area contributed by atoms with Gasteiger partial charge in [0.05, 0.1) is 13.2 Å². The maximum absolute atomic E-state index is 5.35. The second kappa shape index (κ2) is 6.77. The number of hydrogen-bond donors (Lipinski definition) is 1. The van der Waals surface area contributed by atoms with Gasteiger partial charge in [0, 0.05) is 30.9 Å². The van der Waals surface area contributed by atoms with Crippen molar-refractivity contribution in [2.24, 2.45) is 7.05 Å². The van der Waals surface area contributed by atoms with Crippen LogP contribution in [-0.2, 0) is 13.6 Å². The number of methoxy groups -OCH3 is 1. The minimum atomic E-state index is 0.0252. The van der Waals surface area contributed by atoms with Gasteiger partial charge >= 0.3 is 0 Å². The van der Waals surface area contributed by atoms with Gasteiger partial charge in [-0.15, -0.1) is 11.3 Å². The average Bonchev–Trinajstić information content (AvgIpc) is 3.20. The molecule has 1 N–H and O–H groups in total. The highest BCUT2D eigenvalue weighted by molar-refractivity contribution is 7.09. The molecular formula is C17H19N3OS. The zero-order valence-electron chi connectivity index (χ0n) is 12.7. The first-order valence-electron chi connectivity index (χ1n) is 7.15. The summed E-state index contributed by atoms with van der Waals surface area (Å²) in [6.45, 7) is 0.812. The number of imidazole rings is 1. The van der Waals surface area contributed by atoms with Gasteiger partial charge in [-0.2, -0.15) is 0 Å². The van der Waals surface area contributed by atoms with Crippen LogP contribution in [0.2, 0.25) is 0 Å². The lowest BCUT2D eigenvalue weighted by molar-refractivity contribution is 0.413. The molecule has 114 valence electrons. The quantitative estimate of drug-likeness (QED) is 0.758. The van der Waals surface area contributed by atoms with Crippen LogP contribution in [0.5, 0.6) is 5.75 Å². The molecule has 22 heavy (non-hydrogen) atoms. The van der Waals surface area contributed by atoms with Gasteiger partial charge in [-0.05, 0) is 29.1 Å². The lowest BCUT2D eigenvalue weighted by Crippen LogP contribution is -2.24. The minimum absolute atomic E-state index is 0.0252. The van der Waals surface area contributed by atoms with Gasteiger partial charge in [-0.25, -0.2) is 4.98 Å². The van der Waals surface area contributed by atoms with E-state index in [0.29, 0.717) is 0 Å². The van der Waals surface area contributed by atoms with E-state index in [-0.39, 0.29) is 6.04 Å². The molecule has 0 unspecified atom stereocenters. The first-order valence-corrected chi connectivity index (χ1v) is 8.03. The monoisotopic (exact) mass is 313 g/mol. The van der Waals surface area contributed by atoms with Crippen LogP contribution < -0.4 is 10.1 Å². The maximum Gasteiger partial charge on any atom is 0.130 e. The highest BCUT2D eigenvalue weighted by Crippen LogP contribution is 2.25. The smallest absolute Gasteiger partial charge is 0.130 e. The van der Waals surface area contributed by atoms with Crippen LogP contribution in [0.25, 0.3) is 0 Å². The fourth-order valence-corrected chi connectivity index (χ4v) is 3.11. The summed E-state index contributed by atoms with van der Waals surface area (Å²) in [7, 11) is 3.70. The van der Waals surface area contributed by atoms with Crippen molar-refractivity contribution in [3.8, 4) is 5.75 Å². The van der Waals surface area contributed by atoms with Crippen molar-refractivity contribution in [1.29, 1.82) is 0 Å². The molecule has 0 radical (unpaired) electrons. The standard InChI is InChI=1S/C17H19N3OS/c1-20-9-8-18-17(20)16(19-12-15-7-4-10-22-15)13-5-3-6-14(11-13)21-2/h3-11,16,19H,12H2,1-2H3/t16-/m0/s1. The van der Waals surface area contributed by atoms with Crippen LogP contribution in [0.3, 0.4) is 0 Å². The minimum Gasteiger partial charge on any atom is -0.497 e. The van der Waals surface area contributed by atoms with E-state index < -0.39 is 0 Å². The number of aromatic nitrogens is 2. The number of nitrogens with zero attached hydrogens (tertiary/aromatic N) is 2. The highest BCUT2D eigenvalue weighted by atomic mass is 32.1. The van der Waals surface area contributed by atoms with Crippen molar-refractivity contribution >= 4 is 11.3 Å². The van der Waals surface area contributed by atoms with E-state index >= 15 is 0 Å². The molecule has 0 bridgehead atoms. The average molecular weight is 313 g/mol. The van der Waals surface area contributed by atoms with E-state index in [1.165, 1.54) is 4.88 Å². The predicted molar refractivity (Wildman–Crippen MR) is 89.2 cm³/mol. The molecule has 0 spiro atoms. The van der Waals surface area contributed by atoms with Crippen LogP contribution in [0, 0.1) is 0 Å². The Balaban J connectivity index is 1.90. The zero-order chi connectivity index (χ0) is 15.4. The van der Waals surface area contributed by atoms with Crippen molar-refractivity contribution < 1.29 is 4.74 Å². The van der Waals surface area contributed by atoms with E-state index in [4.69, 9.17) is 4.74 Å². The molecule has 1 atom stereocenters. The molecule has 0 aliphatic rings. The van der Waals surface area contributed by atoms with E-state index in [1.807, 2.05) is 36.1 Å². The number of thiophene rings is 1. The Morgan fingerprint density at radius 3 is 2.91 bits per heavy atom. The van der Waals surface area contributed by atoms with E-state index in [0.717, 1.165) is 23.7 Å². The lowest BCUT2D eigenvalue weighted by atomic mass is 10.1. The van der Waals surface area contributed by atoms with Crippen LogP contribution in [0.1, 0.15) is 22.3 Å². The molecule has 3 aromatic rings. The Bertz CT molecular complexity index is 721. The van der Waals surface area contributed by atoms with Gasteiger partial charge in [0.25, 0.3) is 0 Å². The first kappa shape index (κ1) is 14.8. The van der Waals surface area contributed by atoms with Crippen molar-refractivity contribution in [1.82, 2.24) is 14.9 Å². The normalized spacial score (nSPS) is 12.3. The fourth-order valence-electron chi connectivity index (χ4n) is 2.45. The van der Waals surface area contributed by atoms with E-state index in [2.05, 4.69) is 39.9 Å². The summed E-state index contributed by atoms with van der Waals surface area (Å²) < 4.78 is 7.40. The number of rotatable bonds is 6. The Labute approximate surface area is 134 Å². The third-order valence-corrected chi connectivity index (χ3v) is 4.48. The van der Waals surface area contributed by atoms with Crippen LogP contribution >= 0.6 is 11.3 Å². The molecule has 0 amide bonds. The molecule has 2 heterocycles. The zero-order valence-corrected chi connectivity index (χ0v) is 13.5. The Kier molecular flexibility index (Phi) is 4.56. The van der Waals surface area contributed by atoms with Gasteiger partial charge < -0.3 is 9.30 Å². The summed E-state index contributed by atoms with van der Waals surface area (Å²) in [6, 6.07) is 12.4. The summed E-state index contributed by atoms with van der Waals surface area (Å²) in [5.41, 5.74) is 1.14. The summed E-state index contributed by atoms with van der Waals surface area (Å²) in [4.78, 5) is 5.82. The Morgan fingerprint density at radius 1 is 1.32 bits per heavy atom. The molecule has 0 saturated heterocycles. The van der Waals surface area contributed by atoms with Crippen molar-refractivity contribution in [3.05, 3.63) is 70.4 Å². The summed E-state index contributed by atoms with van der Waals surface area (Å²) >= 11 is 1.75. The Morgan fingerprint density at radius 2 is 2.23 bits per heavy atom. The molecule has 4 nitrogen and oxygen atoms in total. The maximum atomic E-state index is 5.35. The number of ether oxygens (including phenoxy) is 1. The second-order valence-electron chi connectivity index (χ2n) is 5.07. The van der Waals surface area contributed by atoms with E-state index in [1.54, 1.807) is 18.4 Å². The summed E-state index contributed by atoms with van der Waals surface area (Å²) in [6.07, 6.45) is 3.80. The van der Waals surface area contributed by atoms with Crippen LogP contribution in [0.4, 0.5) is 0 Å². The van der Waals surface area contributed by atoms with Gasteiger partial charge in [-0.3, -0.25) is 5.32 Å². The number of aryl methyl sites for hydroxylation is 1. The second-order valence-corrected chi connectivity index (χ2v) is 6.10. The molecule has 2 aromatic heterocycles. The Hall–Kier alpha value is -2.11. The number of nitrogens with one attached hydrogen (secondary N) is 1. The van der Waals surface area contributed by atoms with E-state index in [9.17, 15) is 0 Å². The summed E-state index contributed by atoms with van der Waals surface area (Å²) in [5, 5.41) is 5.70. The molecule has 3 rings (SSSR count). The molecule has 0 saturated carbocycles. The SMILES string of the molecule is COc1cccc([C@H](NCc2cccs2)c2nccn2C)c1. The van der Waals surface area contributed by atoms with Crippen molar-refractivity contribution in [3.63, 3.8) is 0 Å². The lowest BCUT2D eigenvalue weighted by Gasteiger charge is -2.19. The third-order valence-electron chi connectivity index (χ3n) is 3.60. The van der Waals surface area contributed by atoms with Gasteiger partial charge in [0.15, 0.2) is 0 Å². The van der Waals surface area contributed by atoms with Crippen molar-refractivity contribution in [2.75, 3.05) is 7.11 Å². The third kappa shape index (κ3) is 3.21. The fraction of sp³-hybridized carbons (Fsp3) is 0.235. The van der Waals surface area contributed by atoms with Crippen LogP contribution in [-0.4, -0.2) is 16.7 Å². The largest absolute Gasteiger partial charge is 0.497 e. The predicted octanol–water partition coefficient (Wildman–Crippen LogP) is 3.37. The highest BCUT2D eigenvalue weighted by Gasteiger charge is 2.18. The first-order chi connectivity index (χ1) is 10.8.